The Kier molecular flexibility index (Phi) is 5.05. The van der Waals surface area contributed by atoms with Gasteiger partial charge in [-0.1, -0.05) is 0 Å². The van der Waals surface area contributed by atoms with Gasteiger partial charge in [0.2, 0.25) is 10.0 Å². The lowest BCUT2D eigenvalue weighted by molar-refractivity contribution is 0.180. The van der Waals surface area contributed by atoms with E-state index >= 15 is 0 Å². The van der Waals surface area contributed by atoms with Gasteiger partial charge in [-0.15, -0.1) is 0 Å². The first-order valence-corrected chi connectivity index (χ1v) is 7.10. The molecule has 0 aliphatic heterocycles. The highest BCUT2D eigenvalue weighted by Gasteiger charge is 2.18. The summed E-state index contributed by atoms with van der Waals surface area (Å²) < 4.78 is 44.3. The van der Waals surface area contributed by atoms with Crippen molar-refractivity contribution >= 4 is 26.0 Å². The molecule has 96 valence electrons. The van der Waals surface area contributed by atoms with Crippen LogP contribution in [-0.2, 0) is 14.8 Å². The third-order valence-corrected chi connectivity index (χ3v) is 4.20. The van der Waals surface area contributed by atoms with Crippen LogP contribution in [0.15, 0.2) is 27.6 Å². The van der Waals surface area contributed by atoms with E-state index < -0.39 is 15.8 Å². The Hall–Kier alpha value is -0.500. The van der Waals surface area contributed by atoms with E-state index in [0.717, 1.165) is 6.07 Å². The van der Waals surface area contributed by atoms with Gasteiger partial charge in [0.15, 0.2) is 0 Å². The van der Waals surface area contributed by atoms with Gasteiger partial charge in [-0.3, -0.25) is 0 Å². The van der Waals surface area contributed by atoms with Crippen molar-refractivity contribution in [2.45, 2.75) is 17.9 Å². The maximum atomic E-state index is 13.2. The van der Waals surface area contributed by atoms with Gasteiger partial charge in [0.05, 0.1) is 16.0 Å². The number of ether oxygens (including phenoxy) is 1. The minimum atomic E-state index is -3.71. The molecule has 0 saturated carbocycles. The van der Waals surface area contributed by atoms with Gasteiger partial charge in [-0.25, -0.2) is 17.5 Å². The fourth-order valence-electron chi connectivity index (χ4n) is 1.26. The zero-order valence-corrected chi connectivity index (χ0v) is 11.8. The SMILES string of the molecule is COCC(C)NS(=O)(=O)c1ccc(Br)c(F)c1. The van der Waals surface area contributed by atoms with E-state index in [-0.39, 0.29) is 22.0 Å². The van der Waals surface area contributed by atoms with Crippen molar-refractivity contribution in [1.29, 1.82) is 0 Å². The van der Waals surface area contributed by atoms with E-state index in [0.29, 0.717) is 0 Å². The lowest BCUT2D eigenvalue weighted by Gasteiger charge is -2.13. The zero-order chi connectivity index (χ0) is 13.1. The number of halogens is 2. The summed E-state index contributed by atoms with van der Waals surface area (Å²) in [5.41, 5.74) is 0. The molecule has 1 rings (SSSR count). The van der Waals surface area contributed by atoms with Crippen molar-refractivity contribution in [2.75, 3.05) is 13.7 Å². The second kappa shape index (κ2) is 5.90. The molecule has 7 heteroatoms. The van der Waals surface area contributed by atoms with Crippen molar-refractivity contribution in [1.82, 2.24) is 4.72 Å². The zero-order valence-electron chi connectivity index (χ0n) is 9.41. The normalized spacial score (nSPS) is 13.6. The number of hydrogen-bond acceptors (Lipinski definition) is 3. The van der Waals surface area contributed by atoms with E-state index in [1.807, 2.05) is 0 Å². The molecular weight excluding hydrogens is 313 g/mol. The predicted molar refractivity (Wildman–Crippen MR) is 65.8 cm³/mol. The van der Waals surface area contributed by atoms with Crippen LogP contribution < -0.4 is 4.72 Å². The molecule has 0 heterocycles. The Bertz CT molecular complexity index is 492. The Morgan fingerprint density at radius 1 is 1.53 bits per heavy atom. The molecule has 17 heavy (non-hydrogen) atoms. The Labute approximate surface area is 108 Å². The Morgan fingerprint density at radius 2 is 2.18 bits per heavy atom. The van der Waals surface area contributed by atoms with Gasteiger partial charge >= 0.3 is 0 Å². The Morgan fingerprint density at radius 3 is 2.71 bits per heavy atom. The van der Waals surface area contributed by atoms with Gasteiger partial charge < -0.3 is 4.74 Å². The van der Waals surface area contributed by atoms with Gasteiger partial charge in [-0.05, 0) is 41.1 Å². The summed E-state index contributed by atoms with van der Waals surface area (Å²) in [6.45, 7) is 1.91. The quantitative estimate of drug-likeness (QED) is 0.899. The molecule has 0 spiro atoms. The highest BCUT2D eigenvalue weighted by molar-refractivity contribution is 9.10. The smallest absolute Gasteiger partial charge is 0.240 e. The minimum absolute atomic E-state index is 0.110. The largest absolute Gasteiger partial charge is 0.383 e. The molecule has 0 fully saturated rings. The molecule has 4 nitrogen and oxygen atoms in total. The number of methoxy groups -OCH3 is 1. The van der Waals surface area contributed by atoms with Crippen LogP contribution in [0.3, 0.4) is 0 Å². The van der Waals surface area contributed by atoms with Crippen LogP contribution in [-0.4, -0.2) is 28.2 Å². The van der Waals surface area contributed by atoms with Gasteiger partial charge in [0, 0.05) is 13.2 Å². The van der Waals surface area contributed by atoms with Gasteiger partial charge in [0.1, 0.15) is 5.82 Å². The average Bonchev–Trinajstić information content (AvgIpc) is 2.21. The third-order valence-electron chi connectivity index (χ3n) is 1.97. The summed E-state index contributed by atoms with van der Waals surface area (Å²) in [6, 6.07) is 3.27. The highest BCUT2D eigenvalue weighted by atomic mass is 79.9. The predicted octanol–water partition coefficient (Wildman–Crippen LogP) is 1.90. The summed E-state index contributed by atoms with van der Waals surface area (Å²) in [5.74, 6) is -0.618. The molecular formula is C10H13BrFNO3S. The van der Waals surface area contributed by atoms with Crippen LogP contribution in [0.5, 0.6) is 0 Å². The maximum absolute atomic E-state index is 13.2. The van der Waals surface area contributed by atoms with Crippen molar-refractivity contribution in [3.63, 3.8) is 0 Å². The molecule has 1 unspecified atom stereocenters. The lowest BCUT2D eigenvalue weighted by atomic mass is 10.3. The summed E-state index contributed by atoms with van der Waals surface area (Å²) >= 11 is 2.96. The van der Waals surface area contributed by atoms with E-state index in [2.05, 4.69) is 20.7 Å². The number of sulfonamides is 1. The fourth-order valence-corrected chi connectivity index (χ4v) is 2.75. The van der Waals surface area contributed by atoms with Crippen molar-refractivity contribution in [3.8, 4) is 0 Å². The molecule has 0 aromatic heterocycles. The van der Waals surface area contributed by atoms with Crippen molar-refractivity contribution in [3.05, 3.63) is 28.5 Å². The summed E-state index contributed by atoms with van der Waals surface area (Å²) in [6.07, 6.45) is 0. The standard InChI is InChI=1S/C10H13BrFNO3S/c1-7(6-16-2)13-17(14,15)8-3-4-9(11)10(12)5-8/h3-5,7,13H,6H2,1-2H3. The van der Waals surface area contributed by atoms with E-state index in [1.54, 1.807) is 6.92 Å². The van der Waals surface area contributed by atoms with Crippen LogP contribution >= 0.6 is 15.9 Å². The van der Waals surface area contributed by atoms with E-state index in [9.17, 15) is 12.8 Å². The number of benzene rings is 1. The van der Waals surface area contributed by atoms with Crippen LogP contribution in [0, 0.1) is 5.82 Å². The van der Waals surface area contributed by atoms with Gasteiger partial charge in [-0.2, -0.15) is 0 Å². The van der Waals surface area contributed by atoms with Gasteiger partial charge in [0.25, 0.3) is 0 Å². The molecule has 1 aromatic carbocycles. The Balaban J connectivity index is 2.93. The first kappa shape index (κ1) is 14.6. The first-order valence-electron chi connectivity index (χ1n) is 4.83. The van der Waals surface area contributed by atoms with E-state index in [4.69, 9.17) is 4.74 Å². The van der Waals surface area contributed by atoms with Crippen LogP contribution in [0.1, 0.15) is 6.92 Å². The molecule has 1 aromatic rings. The van der Waals surface area contributed by atoms with Crippen molar-refractivity contribution < 1.29 is 17.5 Å². The second-order valence-electron chi connectivity index (χ2n) is 3.55. The first-order chi connectivity index (χ1) is 7.86. The minimum Gasteiger partial charge on any atom is -0.383 e. The lowest BCUT2D eigenvalue weighted by Crippen LogP contribution is -2.35. The molecule has 1 atom stereocenters. The molecule has 0 aliphatic carbocycles. The van der Waals surface area contributed by atoms with Crippen LogP contribution in [0.2, 0.25) is 0 Å². The van der Waals surface area contributed by atoms with Crippen LogP contribution in [0.4, 0.5) is 4.39 Å². The monoisotopic (exact) mass is 325 g/mol. The van der Waals surface area contributed by atoms with Crippen LogP contribution in [0.25, 0.3) is 0 Å². The molecule has 1 N–H and O–H groups in total. The molecule has 0 bridgehead atoms. The number of nitrogens with one attached hydrogen (secondary N) is 1. The third kappa shape index (κ3) is 4.02. The summed E-state index contributed by atoms with van der Waals surface area (Å²) in [4.78, 5) is -0.110. The molecule has 0 aliphatic rings. The summed E-state index contributed by atoms with van der Waals surface area (Å²) in [7, 11) is -2.24. The molecule has 0 amide bonds. The topological polar surface area (TPSA) is 55.4 Å². The molecule has 0 saturated heterocycles. The van der Waals surface area contributed by atoms with Crippen molar-refractivity contribution in [2.24, 2.45) is 0 Å². The summed E-state index contributed by atoms with van der Waals surface area (Å²) in [5, 5.41) is 0. The highest BCUT2D eigenvalue weighted by Crippen LogP contribution is 2.19. The maximum Gasteiger partial charge on any atom is 0.240 e. The number of hydrogen-bond donors (Lipinski definition) is 1. The molecule has 0 radical (unpaired) electrons. The average molecular weight is 326 g/mol. The number of rotatable bonds is 5. The second-order valence-corrected chi connectivity index (χ2v) is 6.12. The fraction of sp³-hybridized carbons (Fsp3) is 0.400. The van der Waals surface area contributed by atoms with E-state index in [1.165, 1.54) is 19.2 Å².